The van der Waals surface area contributed by atoms with E-state index in [0.29, 0.717) is 19.3 Å². The van der Waals surface area contributed by atoms with Gasteiger partial charge in [-0.3, -0.25) is 9.59 Å². The summed E-state index contributed by atoms with van der Waals surface area (Å²) in [7, 11) is 0. The number of aliphatic hydroxyl groups is 2. The zero-order chi connectivity index (χ0) is 50.2. The first-order valence-corrected chi connectivity index (χ1v) is 28.7. The molecule has 0 bridgehead atoms. The Bertz CT molecular complexity index is 1400. The smallest absolute Gasteiger partial charge is 0.306 e. The molecule has 0 aromatic carbocycles. The van der Waals surface area contributed by atoms with E-state index in [2.05, 4.69) is 135 Å². The summed E-state index contributed by atoms with van der Waals surface area (Å²) in [6.07, 6.45) is 75.7. The SMILES string of the molecule is CC/C=C\C/C=C\C/C=C\C/C=C\C/C=C\CCCC(CC(=O)NC(CO)C(O)CCCCCCCCCCCCCCCCC)OC(=O)CCCCCCC/C=C/C=C/C=C/C=C/CCCCC. The van der Waals surface area contributed by atoms with Gasteiger partial charge >= 0.3 is 5.97 Å². The first-order valence-electron chi connectivity index (χ1n) is 28.7. The molecule has 0 aromatic heterocycles. The lowest BCUT2D eigenvalue weighted by Gasteiger charge is -2.24. The van der Waals surface area contributed by atoms with E-state index in [9.17, 15) is 19.8 Å². The van der Waals surface area contributed by atoms with Crippen molar-refractivity contribution >= 4 is 11.9 Å². The van der Waals surface area contributed by atoms with Crippen LogP contribution < -0.4 is 5.32 Å². The van der Waals surface area contributed by atoms with E-state index in [1.54, 1.807) is 0 Å². The first kappa shape index (κ1) is 65.5. The van der Waals surface area contributed by atoms with Gasteiger partial charge in [0.05, 0.1) is 25.2 Å². The molecule has 6 nitrogen and oxygen atoms in total. The summed E-state index contributed by atoms with van der Waals surface area (Å²) in [5.74, 6) is -0.561. The number of allylic oxidation sites excluding steroid dienone is 18. The van der Waals surface area contributed by atoms with Crippen molar-refractivity contribution in [3.8, 4) is 0 Å². The highest BCUT2D eigenvalue weighted by molar-refractivity contribution is 5.77. The molecule has 0 aliphatic heterocycles. The Morgan fingerprint density at radius 2 is 0.855 bits per heavy atom. The van der Waals surface area contributed by atoms with Crippen LogP contribution in [-0.2, 0) is 14.3 Å². The molecule has 69 heavy (non-hydrogen) atoms. The Balaban J connectivity index is 4.74. The molecule has 0 rings (SSSR count). The van der Waals surface area contributed by atoms with Crippen LogP contribution in [-0.4, -0.2) is 46.9 Å². The molecule has 0 fully saturated rings. The monoisotopic (exact) mass is 958 g/mol. The number of ether oxygens (including phenoxy) is 1. The third-order valence-corrected chi connectivity index (χ3v) is 12.4. The van der Waals surface area contributed by atoms with Crippen LogP contribution in [0.15, 0.2) is 109 Å². The van der Waals surface area contributed by atoms with Crippen LogP contribution in [0.25, 0.3) is 0 Å². The summed E-state index contributed by atoms with van der Waals surface area (Å²) in [6, 6.07) is -0.733. The van der Waals surface area contributed by atoms with Crippen molar-refractivity contribution in [3.63, 3.8) is 0 Å². The van der Waals surface area contributed by atoms with Crippen LogP contribution in [0.3, 0.4) is 0 Å². The Hall–Kier alpha value is -3.48. The standard InChI is InChI=1S/C63H107NO5/c1-4-7-10-13-16-19-22-25-28-30-32-35-38-41-44-47-50-53-56-63(68)69-59(54-51-48-45-42-39-36-34-31-29-26-23-20-17-14-11-8-5-2)57-62(67)64-60(58-65)61(66)55-52-49-46-43-40-37-33-27-24-21-18-15-12-9-6-3/h8,11,16-17,19-20,22,25-26,28-30,32,34-36,42,45,59-61,65-66H,4-7,9-10,12-15,18,21,23-24,27,31,33,37-41,43-44,46-58H2,1-3H3,(H,64,67)/b11-8-,19-16+,20-17-,25-22+,29-26-,30-28+,35-32+,36-34-,45-42-. The summed E-state index contributed by atoms with van der Waals surface area (Å²) in [6.45, 7) is 6.32. The molecule has 0 aliphatic carbocycles. The molecule has 0 saturated heterocycles. The molecule has 0 radical (unpaired) electrons. The Morgan fingerprint density at radius 3 is 1.36 bits per heavy atom. The largest absolute Gasteiger partial charge is 0.462 e. The third-order valence-electron chi connectivity index (χ3n) is 12.4. The van der Waals surface area contributed by atoms with Crippen LogP contribution in [0, 0.1) is 0 Å². The minimum absolute atomic E-state index is 0.0226. The van der Waals surface area contributed by atoms with Gasteiger partial charge in [-0.15, -0.1) is 0 Å². The zero-order valence-corrected chi connectivity index (χ0v) is 44.9. The molecule has 6 heteroatoms. The highest BCUT2D eigenvalue weighted by Gasteiger charge is 2.24. The number of carbonyl (C=O) groups is 2. The van der Waals surface area contributed by atoms with E-state index in [0.717, 1.165) is 109 Å². The molecule has 0 spiro atoms. The lowest BCUT2D eigenvalue weighted by molar-refractivity contribution is -0.151. The van der Waals surface area contributed by atoms with Gasteiger partial charge in [-0.25, -0.2) is 0 Å². The topological polar surface area (TPSA) is 95.9 Å². The molecule has 0 saturated carbocycles. The minimum atomic E-state index is -0.815. The maximum absolute atomic E-state index is 13.3. The molecular formula is C63H107NO5. The van der Waals surface area contributed by atoms with Gasteiger partial charge < -0.3 is 20.3 Å². The number of rotatable bonds is 50. The van der Waals surface area contributed by atoms with Crippen LogP contribution in [0.1, 0.15) is 252 Å². The van der Waals surface area contributed by atoms with Gasteiger partial charge in [0, 0.05) is 6.42 Å². The van der Waals surface area contributed by atoms with Gasteiger partial charge in [-0.05, 0) is 89.9 Å². The number of amides is 1. The average molecular weight is 959 g/mol. The maximum atomic E-state index is 13.3. The maximum Gasteiger partial charge on any atom is 0.306 e. The van der Waals surface area contributed by atoms with Gasteiger partial charge in [0.15, 0.2) is 0 Å². The Kier molecular flexibility index (Phi) is 52.7. The second-order valence-corrected chi connectivity index (χ2v) is 19.0. The quantitative estimate of drug-likeness (QED) is 0.0244. The molecule has 0 heterocycles. The van der Waals surface area contributed by atoms with E-state index in [4.69, 9.17) is 4.74 Å². The summed E-state index contributed by atoms with van der Waals surface area (Å²) in [5, 5.41) is 23.9. The van der Waals surface area contributed by atoms with Crippen LogP contribution >= 0.6 is 0 Å². The molecule has 1 amide bonds. The number of unbranched alkanes of at least 4 members (excludes halogenated alkanes) is 23. The van der Waals surface area contributed by atoms with E-state index < -0.39 is 18.2 Å². The van der Waals surface area contributed by atoms with Gasteiger partial charge in [0.25, 0.3) is 0 Å². The fourth-order valence-corrected chi connectivity index (χ4v) is 8.12. The Morgan fingerprint density at radius 1 is 0.449 bits per heavy atom. The average Bonchev–Trinajstić information content (AvgIpc) is 3.34. The van der Waals surface area contributed by atoms with E-state index in [-0.39, 0.29) is 24.9 Å². The summed E-state index contributed by atoms with van der Waals surface area (Å²) in [5.41, 5.74) is 0. The minimum Gasteiger partial charge on any atom is -0.462 e. The molecule has 3 N–H and O–H groups in total. The molecule has 0 aliphatic rings. The molecule has 3 unspecified atom stereocenters. The number of aliphatic hydroxyl groups excluding tert-OH is 2. The molecular weight excluding hydrogens is 851 g/mol. The van der Waals surface area contributed by atoms with Crippen molar-refractivity contribution in [2.75, 3.05) is 6.61 Å². The molecule has 0 aromatic rings. The van der Waals surface area contributed by atoms with Gasteiger partial charge in [-0.1, -0.05) is 259 Å². The van der Waals surface area contributed by atoms with E-state index >= 15 is 0 Å². The lowest BCUT2D eigenvalue weighted by Crippen LogP contribution is -2.46. The number of hydrogen-bond acceptors (Lipinski definition) is 5. The van der Waals surface area contributed by atoms with Crippen molar-refractivity contribution in [2.24, 2.45) is 0 Å². The van der Waals surface area contributed by atoms with Crippen molar-refractivity contribution in [1.29, 1.82) is 0 Å². The predicted octanol–water partition coefficient (Wildman–Crippen LogP) is 17.8. The third kappa shape index (κ3) is 50.7. The van der Waals surface area contributed by atoms with E-state index in [1.807, 2.05) is 0 Å². The van der Waals surface area contributed by atoms with Crippen molar-refractivity contribution in [3.05, 3.63) is 109 Å². The second-order valence-electron chi connectivity index (χ2n) is 19.0. The van der Waals surface area contributed by atoms with Crippen LogP contribution in [0.2, 0.25) is 0 Å². The normalized spacial score (nSPS) is 14.0. The Labute approximate surface area is 426 Å². The predicted molar refractivity (Wildman–Crippen MR) is 300 cm³/mol. The number of esters is 1. The number of carbonyl (C=O) groups excluding carboxylic acids is 2. The van der Waals surface area contributed by atoms with Crippen molar-refractivity contribution < 1.29 is 24.5 Å². The van der Waals surface area contributed by atoms with Gasteiger partial charge in [0.2, 0.25) is 5.91 Å². The summed E-state index contributed by atoms with van der Waals surface area (Å²) in [4.78, 5) is 26.3. The zero-order valence-electron chi connectivity index (χ0n) is 44.9. The lowest BCUT2D eigenvalue weighted by atomic mass is 10.0. The molecule has 394 valence electrons. The number of nitrogens with one attached hydrogen (secondary N) is 1. The first-order chi connectivity index (χ1) is 34.0. The number of hydrogen-bond donors (Lipinski definition) is 3. The highest BCUT2D eigenvalue weighted by Crippen LogP contribution is 2.17. The molecule has 3 atom stereocenters. The fourth-order valence-electron chi connectivity index (χ4n) is 8.12. The second kappa shape index (κ2) is 55.4. The van der Waals surface area contributed by atoms with Crippen LogP contribution in [0.4, 0.5) is 0 Å². The van der Waals surface area contributed by atoms with E-state index in [1.165, 1.54) is 96.3 Å². The van der Waals surface area contributed by atoms with Gasteiger partial charge in [-0.2, -0.15) is 0 Å². The summed E-state index contributed by atoms with van der Waals surface area (Å²) < 4.78 is 5.92. The highest BCUT2D eigenvalue weighted by atomic mass is 16.5. The van der Waals surface area contributed by atoms with Crippen molar-refractivity contribution in [2.45, 2.75) is 270 Å². The van der Waals surface area contributed by atoms with Crippen molar-refractivity contribution in [1.82, 2.24) is 5.32 Å². The van der Waals surface area contributed by atoms with Crippen LogP contribution in [0.5, 0.6) is 0 Å². The van der Waals surface area contributed by atoms with Gasteiger partial charge in [0.1, 0.15) is 6.10 Å². The summed E-state index contributed by atoms with van der Waals surface area (Å²) >= 11 is 0. The fraction of sp³-hybridized carbons (Fsp3) is 0.683.